The number of rotatable bonds is 8. The molecule has 0 spiro atoms. The standard InChI is InChI=1S/C19H27N5O3/c1-15-12-24(22-21-15)10-8-20-14-19(26)7-4-9-23(18(19)25)13-16-5-3-6-17(11-16)27-2/h3,5-6,11-12,20,26H,4,7-10,13-14H2,1-2H3/t19-/m1/s1. The number of carbonyl (C=O) groups excluding carboxylic acids is 1. The first-order valence-electron chi connectivity index (χ1n) is 9.22. The van der Waals surface area contributed by atoms with Crippen LogP contribution in [0, 0.1) is 6.92 Å². The van der Waals surface area contributed by atoms with Crippen LogP contribution in [-0.2, 0) is 17.9 Å². The Morgan fingerprint density at radius 3 is 3.00 bits per heavy atom. The number of hydrogen-bond acceptors (Lipinski definition) is 6. The highest BCUT2D eigenvalue weighted by Gasteiger charge is 2.41. The number of aromatic nitrogens is 3. The van der Waals surface area contributed by atoms with Crippen molar-refractivity contribution in [2.24, 2.45) is 0 Å². The number of methoxy groups -OCH3 is 1. The summed E-state index contributed by atoms with van der Waals surface area (Å²) in [5.41, 5.74) is 0.487. The van der Waals surface area contributed by atoms with Crippen molar-refractivity contribution >= 4 is 5.91 Å². The molecule has 0 saturated carbocycles. The van der Waals surface area contributed by atoms with Gasteiger partial charge in [0, 0.05) is 32.4 Å². The van der Waals surface area contributed by atoms with Gasteiger partial charge in [0.15, 0.2) is 5.60 Å². The maximum absolute atomic E-state index is 12.9. The van der Waals surface area contributed by atoms with Crippen LogP contribution >= 0.6 is 0 Å². The van der Waals surface area contributed by atoms with Gasteiger partial charge >= 0.3 is 0 Å². The summed E-state index contributed by atoms with van der Waals surface area (Å²) < 4.78 is 6.98. The molecule has 1 aromatic carbocycles. The predicted octanol–water partition coefficient (Wildman–Crippen LogP) is 0.738. The van der Waals surface area contributed by atoms with Gasteiger partial charge in [-0.25, -0.2) is 0 Å². The van der Waals surface area contributed by atoms with Gasteiger partial charge in [0.05, 0.1) is 19.3 Å². The Balaban J connectivity index is 1.54. The van der Waals surface area contributed by atoms with E-state index in [4.69, 9.17) is 4.74 Å². The van der Waals surface area contributed by atoms with Gasteiger partial charge in [-0.1, -0.05) is 17.3 Å². The Bertz CT molecular complexity index is 778. The third-order valence-corrected chi connectivity index (χ3v) is 4.80. The average molecular weight is 373 g/mol. The molecule has 1 atom stereocenters. The Morgan fingerprint density at radius 2 is 2.26 bits per heavy atom. The summed E-state index contributed by atoms with van der Waals surface area (Å²) >= 11 is 0. The molecule has 2 heterocycles. The Kier molecular flexibility index (Phi) is 6.08. The van der Waals surface area contributed by atoms with Crippen molar-refractivity contribution in [3.8, 4) is 5.75 Å². The van der Waals surface area contributed by atoms with E-state index in [1.54, 1.807) is 16.7 Å². The summed E-state index contributed by atoms with van der Waals surface area (Å²) in [5, 5.41) is 22.0. The highest BCUT2D eigenvalue weighted by atomic mass is 16.5. The van der Waals surface area contributed by atoms with Gasteiger partial charge in [0.25, 0.3) is 5.91 Å². The summed E-state index contributed by atoms with van der Waals surface area (Å²) in [4.78, 5) is 14.6. The fourth-order valence-electron chi connectivity index (χ4n) is 3.36. The molecule has 3 rings (SSSR count). The Hall–Kier alpha value is -2.45. The molecule has 8 heteroatoms. The van der Waals surface area contributed by atoms with Crippen LogP contribution in [0.4, 0.5) is 0 Å². The van der Waals surface area contributed by atoms with Crippen molar-refractivity contribution in [3.05, 3.63) is 41.7 Å². The van der Waals surface area contributed by atoms with Crippen LogP contribution in [0.15, 0.2) is 30.5 Å². The lowest BCUT2D eigenvalue weighted by Crippen LogP contribution is -2.57. The lowest BCUT2D eigenvalue weighted by atomic mass is 9.91. The topological polar surface area (TPSA) is 92.5 Å². The van der Waals surface area contributed by atoms with E-state index >= 15 is 0 Å². The molecule has 1 aromatic heterocycles. The molecule has 1 aliphatic rings. The van der Waals surface area contributed by atoms with Crippen molar-refractivity contribution in [2.45, 2.75) is 38.5 Å². The molecule has 0 unspecified atom stereocenters. The molecule has 1 amide bonds. The monoisotopic (exact) mass is 373 g/mol. The zero-order valence-corrected chi connectivity index (χ0v) is 15.9. The Labute approximate surface area is 159 Å². The molecule has 2 N–H and O–H groups in total. The molecule has 1 saturated heterocycles. The average Bonchev–Trinajstić information content (AvgIpc) is 3.08. The van der Waals surface area contributed by atoms with E-state index in [2.05, 4.69) is 15.6 Å². The van der Waals surface area contributed by atoms with Crippen molar-refractivity contribution < 1.29 is 14.6 Å². The maximum Gasteiger partial charge on any atom is 0.256 e. The maximum atomic E-state index is 12.9. The highest BCUT2D eigenvalue weighted by molar-refractivity contribution is 5.86. The second-order valence-corrected chi connectivity index (χ2v) is 7.01. The zero-order chi connectivity index (χ0) is 19.3. The lowest BCUT2D eigenvalue weighted by Gasteiger charge is -2.38. The van der Waals surface area contributed by atoms with Gasteiger partial charge in [-0.15, -0.1) is 5.10 Å². The predicted molar refractivity (Wildman–Crippen MR) is 100 cm³/mol. The number of amides is 1. The van der Waals surface area contributed by atoms with Crippen LogP contribution in [0.3, 0.4) is 0 Å². The first-order chi connectivity index (χ1) is 13.0. The molecule has 146 valence electrons. The normalized spacial score (nSPS) is 20.1. The molecule has 0 aliphatic carbocycles. The van der Waals surface area contributed by atoms with Crippen molar-refractivity contribution in [1.29, 1.82) is 0 Å². The number of nitrogens with one attached hydrogen (secondary N) is 1. The molecule has 2 aromatic rings. The molecule has 0 bridgehead atoms. The van der Waals surface area contributed by atoms with E-state index in [1.807, 2.05) is 37.4 Å². The number of hydrogen-bond donors (Lipinski definition) is 2. The molecular formula is C19H27N5O3. The van der Waals surface area contributed by atoms with Crippen LogP contribution in [0.2, 0.25) is 0 Å². The van der Waals surface area contributed by atoms with E-state index in [0.717, 1.165) is 23.4 Å². The summed E-state index contributed by atoms with van der Waals surface area (Å²) in [6.45, 7) is 4.48. The number of carbonyl (C=O) groups is 1. The molecular weight excluding hydrogens is 346 g/mol. The quantitative estimate of drug-likeness (QED) is 0.663. The fourth-order valence-corrected chi connectivity index (χ4v) is 3.36. The zero-order valence-electron chi connectivity index (χ0n) is 15.9. The van der Waals surface area contributed by atoms with Gasteiger partial charge in [0.1, 0.15) is 5.75 Å². The molecule has 1 aliphatic heterocycles. The van der Waals surface area contributed by atoms with Crippen LogP contribution in [0.25, 0.3) is 0 Å². The van der Waals surface area contributed by atoms with Crippen molar-refractivity contribution in [2.75, 3.05) is 26.7 Å². The number of aliphatic hydroxyl groups is 1. The number of piperidine rings is 1. The summed E-state index contributed by atoms with van der Waals surface area (Å²) in [6, 6.07) is 7.65. The smallest absolute Gasteiger partial charge is 0.256 e. The van der Waals surface area contributed by atoms with E-state index in [9.17, 15) is 9.90 Å². The van der Waals surface area contributed by atoms with Crippen LogP contribution in [0.5, 0.6) is 5.75 Å². The SMILES string of the molecule is COc1cccc(CN2CCC[C@@](O)(CNCCn3cc(C)nn3)C2=O)c1. The number of aryl methyl sites for hydroxylation is 1. The van der Waals surface area contributed by atoms with E-state index in [0.29, 0.717) is 32.6 Å². The number of likely N-dealkylation sites (tertiary alicyclic amines) is 1. The van der Waals surface area contributed by atoms with Crippen molar-refractivity contribution in [3.63, 3.8) is 0 Å². The minimum Gasteiger partial charge on any atom is -0.497 e. The third-order valence-electron chi connectivity index (χ3n) is 4.80. The van der Waals surface area contributed by atoms with Gasteiger partial charge in [-0.2, -0.15) is 0 Å². The van der Waals surface area contributed by atoms with E-state index in [1.165, 1.54) is 0 Å². The lowest BCUT2D eigenvalue weighted by molar-refractivity contribution is -0.157. The van der Waals surface area contributed by atoms with Gasteiger partial charge in [-0.05, 0) is 37.5 Å². The minimum absolute atomic E-state index is 0.222. The third kappa shape index (κ3) is 4.84. The largest absolute Gasteiger partial charge is 0.497 e. The van der Waals surface area contributed by atoms with Crippen molar-refractivity contribution in [1.82, 2.24) is 25.2 Å². The number of nitrogens with zero attached hydrogens (tertiary/aromatic N) is 4. The minimum atomic E-state index is -1.37. The van der Waals surface area contributed by atoms with Gasteiger partial charge < -0.3 is 20.1 Å². The molecule has 0 radical (unpaired) electrons. The summed E-state index contributed by atoms with van der Waals surface area (Å²) in [5.74, 6) is 0.540. The summed E-state index contributed by atoms with van der Waals surface area (Å²) in [6.07, 6.45) is 3.10. The molecule has 27 heavy (non-hydrogen) atoms. The van der Waals surface area contributed by atoms with Gasteiger partial charge in [-0.3, -0.25) is 9.48 Å². The first kappa shape index (κ1) is 19.3. The highest BCUT2D eigenvalue weighted by Crippen LogP contribution is 2.24. The van der Waals surface area contributed by atoms with E-state index < -0.39 is 5.60 Å². The second kappa shape index (κ2) is 8.49. The second-order valence-electron chi connectivity index (χ2n) is 7.01. The summed E-state index contributed by atoms with van der Waals surface area (Å²) in [7, 11) is 1.62. The van der Waals surface area contributed by atoms with Crippen LogP contribution in [0.1, 0.15) is 24.1 Å². The number of benzene rings is 1. The molecule has 1 fully saturated rings. The first-order valence-corrected chi connectivity index (χ1v) is 9.22. The Morgan fingerprint density at radius 1 is 1.41 bits per heavy atom. The molecule has 8 nitrogen and oxygen atoms in total. The van der Waals surface area contributed by atoms with Gasteiger partial charge in [0.2, 0.25) is 0 Å². The van der Waals surface area contributed by atoms with Crippen LogP contribution in [-0.4, -0.2) is 63.3 Å². The fraction of sp³-hybridized carbons (Fsp3) is 0.526. The van der Waals surface area contributed by atoms with Crippen LogP contribution < -0.4 is 10.1 Å². The number of ether oxygens (including phenoxy) is 1. The van der Waals surface area contributed by atoms with E-state index in [-0.39, 0.29) is 12.5 Å².